The van der Waals surface area contributed by atoms with Gasteiger partial charge in [-0.3, -0.25) is 0 Å². The molecule has 4 nitrogen and oxygen atoms in total. The van der Waals surface area contributed by atoms with Crippen molar-refractivity contribution in [3.05, 3.63) is 5.01 Å². The Morgan fingerprint density at radius 1 is 1.12 bits per heavy atom. The average molecular weight is 254 g/mol. The van der Waals surface area contributed by atoms with Crippen molar-refractivity contribution in [2.75, 3.05) is 37.6 Å². The normalized spacial score (nSPS) is 18.4. The first-order chi connectivity index (χ1) is 8.33. The third-order valence-electron chi connectivity index (χ3n) is 3.23. The van der Waals surface area contributed by atoms with Crippen molar-refractivity contribution < 1.29 is 0 Å². The van der Waals surface area contributed by atoms with Gasteiger partial charge >= 0.3 is 0 Å². The first kappa shape index (κ1) is 12.8. The van der Waals surface area contributed by atoms with E-state index in [2.05, 4.69) is 33.8 Å². The summed E-state index contributed by atoms with van der Waals surface area (Å²) in [7, 11) is 0. The third-order valence-corrected chi connectivity index (χ3v) is 4.27. The van der Waals surface area contributed by atoms with E-state index in [-0.39, 0.29) is 0 Å². The van der Waals surface area contributed by atoms with E-state index in [0.717, 1.165) is 44.2 Å². The van der Waals surface area contributed by atoms with Crippen molar-refractivity contribution in [3.63, 3.8) is 0 Å². The molecule has 0 spiro atoms. The highest BCUT2D eigenvalue weighted by molar-refractivity contribution is 7.15. The monoisotopic (exact) mass is 254 g/mol. The molecule has 0 saturated carbocycles. The minimum absolute atomic E-state index is 1.06. The molecule has 0 bridgehead atoms. The van der Waals surface area contributed by atoms with Gasteiger partial charge in [0.1, 0.15) is 5.01 Å². The number of hydrogen-bond donors (Lipinski definition) is 0. The van der Waals surface area contributed by atoms with Gasteiger partial charge < -0.3 is 9.80 Å². The molecule has 0 radical (unpaired) electrons. The standard InChI is InChI=1S/C12H22N4S/c1-3-6-11-13-14-12(17-11)16-8-5-7-15(4-2)9-10-16/h3-10H2,1-2H3. The van der Waals surface area contributed by atoms with Crippen LogP contribution in [0.3, 0.4) is 0 Å². The molecule has 0 amide bonds. The van der Waals surface area contributed by atoms with Gasteiger partial charge in [-0.1, -0.05) is 25.2 Å². The molecule has 0 aromatic carbocycles. The van der Waals surface area contributed by atoms with Gasteiger partial charge in [0, 0.05) is 26.1 Å². The van der Waals surface area contributed by atoms with Crippen LogP contribution in [-0.2, 0) is 6.42 Å². The molecule has 1 aromatic heterocycles. The zero-order valence-corrected chi connectivity index (χ0v) is 11.7. The minimum Gasteiger partial charge on any atom is -0.345 e. The summed E-state index contributed by atoms with van der Waals surface area (Å²) in [5, 5.41) is 10.9. The Balaban J connectivity index is 1.96. The fourth-order valence-corrected chi connectivity index (χ4v) is 3.16. The fraction of sp³-hybridized carbons (Fsp3) is 0.833. The van der Waals surface area contributed by atoms with Crippen LogP contribution in [0.15, 0.2) is 0 Å². The van der Waals surface area contributed by atoms with E-state index in [4.69, 9.17) is 0 Å². The Kier molecular flexibility index (Phi) is 4.74. The zero-order valence-electron chi connectivity index (χ0n) is 10.9. The van der Waals surface area contributed by atoms with Crippen molar-refractivity contribution in [2.24, 2.45) is 0 Å². The number of anilines is 1. The molecule has 1 saturated heterocycles. The molecule has 1 aliphatic rings. The quantitative estimate of drug-likeness (QED) is 0.823. The van der Waals surface area contributed by atoms with Crippen molar-refractivity contribution in [1.82, 2.24) is 15.1 Å². The largest absolute Gasteiger partial charge is 0.345 e. The molecule has 17 heavy (non-hydrogen) atoms. The van der Waals surface area contributed by atoms with Crippen LogP contribution in [0.4, 0.5) is 5.13 Å². The molecule has 0 atom stereocenters. The van der Waals surface area contributed by atoms with Gasteiger partial charge in [0.2, 0.25) is 5.13 Å². The Labute approximate surface area is 108 Å². The molecule has 0 unspecified atom stereocenters. The fourth-order valence-electron chi connectivity index (χ4n) is 2.17. The maximum absolute atomic E-state index is 4.33. The second-order valence-electron chi connectivity index (χ2n) is 4.50. The summed E-state index contributed by atoms with van der Waals surface area (Å²) in [6.45, 7) is 10.2. The van der Waals surface area contributed by atoms with Gasteiger partial charge in [0.25, 0.3) is 0 Å². The van der Waals surface area contributed by atoms with Gasteiger partial charge in [-0.25, -0.2) is 0 Å². The molecular formula is C12H22N4S. The number of hydrogen-bond acceptors (Lipinski definition) is 5. The number of nitrogens with zero attached hydrogens (tertiary/aromatic N) is 4. The number of likely N-dealkylation sites (N-methyl/N-ethyl adjacent to an activating group) is 1. The molecule has 0 aliphatic carbocycles. The van der Waals surface area contributed by atoms with Crippen LogP contribution in [-0.4, -0.2) is 47.8 Å². The lowest BCUT2D eigenvalue weighted by Gasteiger charge is -2.19. The summed E-state index contributed by atoms with van der Waals surface area (Å²) in [4.78, 5) is 4.90. The minimum atomic E-state index is 1.06. The predicted octanol–water partition coefficient (Wildman–Crippen LogP) is 2.02. The highest BCUT2D eigenvalue weighted by Crippen LogP contribution is 2.22. The van der Waals surface area contributed by atoms with Crippen molar-refractivity contribution in [3.8, 4) is 0 Å². The molecule has 5 heteroatoms. The molecule has 1 aliphatic heterocycles. The van der Waals surface area contributed by atoms with E-state index < -0.39 is 0 Å². The third kappa shape index (κ3) is 3.39. The van der Waals surface area contributed by atoms with Crippen LogP contribution in [0.25, 0.3) is 0 Å². The van der Waals surface area contributed by atoms with Gasteiger partial charge in [0.05, 0.1) is 0 Å². The van der Waals surface area contributed by atoms with E-state index in [1.165, 1.54) is 18.0 Å². The lowest BCUT2D eigenvalue weighted by Crippen LogP contribution is -2.30. The molecule has 2 rings (SSSR count). The maximum Gasteiger partial charge on any atom is 0.208 e. The summed E-state index contributed by atoms with van der Waals surface area (Å²) in [6.07, 6.45) is 3.45. The number of rotatable bonds is 4. The van der Waals surface area contributed by atoms with E-state index in [0.29, 0.717) is 0 Å². The van der Waals surface area contributed by atoms with Gasteiger partial charge in [-0.2, -0.15) is 0 Å². The summed E-state index contributed by atoms with van der Waals surface area (Å²) < 4.78 is 0. The topological polar surface area (TPSA) is 32.3 Å². The van der Waals surface area contributed by atoms with E-state index >= 15 is 0 Å². The van der Waals surface area contributed by atoms with Crippen molar-refractivity contribution >= 4 is 16.5 Å². The van der Waals surface area contributed by atoms with E-state index in [9.17, 15) is 0 Å². The summed E-state index contributed by atoms with van der Waals surface area (Å²) in [5.41, 5.74) is 0. The summed E-state index contributed by atoms with van der Waals surface area (Å²) in [5.74, 6) is 0. The Morgan fingerprint density at radius 3 is 2.76 bits per heavy atom. The van der Waals surface area contributed by atoms with Crippen LogP contribution >= 0.6 is 11.3 Å². The van der Waals surface area contributed by atoms with Crippen LogP contribution in [0, 0.1) is 0 Å². The first-order valence-corrected chi connectivity index (χ1v) is 7.44. The van der Waals surface area contributed by atoms with Crippen molar-refractivity contribution in [1.29, 1.82) is 0 Å². The van der Waals surface area contributed by atoms with E-state index in [1.807, 2.05) is 0 Å². The second-order valence-corrected chi connectivity index (χ2v) is 5.54. The SMILES string of the molecule is CCCc1nnc(N2CCCN(CC)CC2)s1. The molecule has 1 aromatic rings. The first-order valence-electron chi connectivity index (χ1n) is 6.63. The summed E-state index contributed by atoms with van der Waals surface area (Å²) >= 11 is 1.77. The smallest absolute Gasteiger partial charge is 0.208 e. The molecule has 2 heterocycles. The van der Waals surface area contributed by atoms with Crippen LogP contribution < -0.4 is 4.90 Å². The maximum atomic E-state index is 4.33. The predicted molar refractivity (Wildman–Crippen MR) is 72.8 cm³/mol. The second kappa shape index (κ2) is 6.31. The van der Waals surface area contributed by atoms with Crippen LogP contribution in [0.5, 0.6) is 0 Å². The van der Waals surface area contributed by atoms with Crippen LogP contribution in [0.1, 0.15) is 31.7 Å². The number of aryl methyl sites for hydroxylation is 1. The highest BCUT2D eigenvalue weighted by atomic mass is 32.1. The Bertz CT molecular complexity index is 339. The van der Waals surface area contributed by atoms with E-state index in [1.54, 1.807) is 11.3 Å². The lowest BCUT2D eigenvalue weighted by molar-refractivity contribution is 0.310. The van der Waals surface area contributed by atoms with Gasteiger partial charge in [-0.05, 0) is 25.9 Å². The Hall–Kier alpha value is -0.680. The molecule has 96 valence electrons. The number of aromatic nitrogens is 2. The molecular weight excluding hydrogens is 232 g/mol. The molecule has 0 N–H and O–H groups in total. The lowest BCUT2D eigenvalue weighted by atomic mass is 10.4. The summed E-state index contributed by atoms with van der Waals surface area (Å²) in [6, 6.07) is 0. The van der Waals surface area contributed by atoms with Gasteiger partial charge in [-0.15, -0.1) is 10.2 Å². The van der Waals surface area contributed by atoms with Gasteiger partial charge in [0.15, 0.2) is 0 Å². The van der Waals surface area contributed by atoms with Crippen LogP contribution in [0.2, 0.25) is 0 Å². The molecule has 1 fully saturated rings. The zero-order chi connectivity index (χ0) is 12.1. The van der Waals surface area contributed by atoms with Crippen molar-refractivity contribution in [2.45, 2.75) is 33.1 Å². The average Bonchev–Trinajstić information content (AvgIpc) is 2.67. The Morgan fingerprint density at radius 2 is 2.00 bits per heavy atom. The highest BCUT2D eigenvalue weighted by Gasteiger charge is 2.17.